The summed E-state index contributed by atoms with van der Waals surface area (Å²) in [5.74, 6) is 2.48. The van der Waals surface area contributed by atoms with Gasteiger partial charge in [-0.25, -0.2) is 9.97 Å². The minimum Gasteiger partial charge on any atom is -0.508 e. The highest BCUT2D eigenvalue weighted by molar-refractivity contribution is 7.99. The zero-order chi connectivity index (χ0) is 14.2. The zero-order valence-electron chi connectivity index (χ0n) is 11.4. The number of pyridine rings is 1. The number of aromatic nitrogens is 3. The Morgan fingerprint density at radius 1 is 1.24 bits per heavy atom. The van der Waals surface area contributed by atoms with Crippen molar-refractivity contribution in [2.75, 3.05) is 5.75 Å². The van der Waals surface area contributed by atoms with Crippen LogP contribution in [-0.4, -0.2) is 25.4 Å². The average Bonchev–Trinajstić information content (AvgIpc) is 3.14. The van der Waals surface area contributed by atoms with E-state index in [9.17, 15) is 5.11 Å². The van der Waals surface area contributed by atoms with E-state index in [1.807, 2.05) is 36.0 Å². The summed E-state index contributed by atoms with van der Waals surface area (Å²) < 4.78 is 2.08. The topological polar surface area (TPSA) is 50.9 Å². The molecule has 0 bridgehead atoms. The van der Waals surface area contributed by atoms with E-state index in [0.717, 1.165) is 29.1 Å². The first-order chi connectivity index (χ1) is 10.3. The molecule has 4 rings (SSSR count). The van der Waals surface area contributed by atoms with Crippen LogP contribution in [0.5, 0.6) is 5.75 Å². The molecule has 0 radical (unpaired) electrons. The zero-order valence-corrected chi connectivity index (χ0v) is 12.3. The third-order valence-corrected chi connectivity index (χ3v) is 5.12. The lowest BCUT2D eigenvalue weighted by molar-refractivity contribution is 0.475. The van der Waals surface area contributed by atoms with Crippen molar-refractivity contribution < 1.29 is 5.11 Å². The first-order valence-electron chi connectivity index (χ1n) is 7.07. The molecule has 0 saturated carbocycles. The minimum atomic E-state index is 0.260. The third-order valence-electron chi connectivity index (χ3n) is 3.75. The van der Waals surface area contributed by atoms with Gasteiger partial charge in [0.1, 0.15) is 17.1 Å². The summed E-state index contributed by atoms with van der Waals surface area (Å²) in [4.78, 5) is 9.29. The fourth-order valence-electron chi connectivity index (χ4n) is 2.81. The Bertz CT molecular complexity index is 793. The molecule has 3 heterocycles. The van der Waals surface area contributed by atoms with Gasteiger partial charge in [0.25, 0.3) is 0 Å². The van der Waals surface area contributed by atoms with Crippen LogP contribution in [0.2, 0.25) is 0 Å². The molecule has 1 aromatic carbocycles. The van der Waals surface area contributed by atoms with Crippen molar-refractivity contribution in [3.05, 3.63) is 48.4 Å². The summed E-state index contributed by atoms with van der Waals surface area (Å²) >= 11 is 1.95. The number of aromatic hydroxyl groups is 1. The lowest BCUT2D eigenvalue weighted by atomic mass is 10.2. The fraction of sp³-hybridized carbons (Fsp3) is 0.250. The Labute approximate surface area is 126 Å². The number of nitrogens with zero attached hydrogens (tertiary/aromatic N) is 3. The van der Waals surface area contributed by atoms with E-state index in [-0.39, 0.29) is 5.75 Å². The number of thioether (sulfide) groups is 1. The van der Waals surface area contributed by atoms with E-state index < -0.39 is 0 Å². The van der Waals surface area contributed by atoms with Gasteiger partial charge in [-0.3, -0.25) is 4.57 Å². The molecule has 1 saturated heterocycles. The number of rotatable bonds is 2. The highest BCUT2D eigenvalue weighted by atomic mass is 32.2. The van der Waals surface area contributed by atoms with E-state index >= 15 is 0 Å². The molecule has 1 N–H and O–H groups in total. The van der Waals surface area contributed by atoms with Gasteiger partial charge in [0.15, 0.2) is 5.65 Å². The van der Waals surface area contributed by atoms with Crippen LogP contribution in [-0.2, 0) is 0 Å². The van der Waals surface area contributed by atoms with Gasteiger partial charge < -0.3 is 5.11 Å². The summed E-state index contributed by atoms with van der Waals surface area (Å²) in [6, 6.07) is 11.2. The molecule has 21 heavy (non-hydrogen) atoms. The third kappa shape index (κ3) is 2.17. The highest BCUT2D eigenvalue weighted by Gasteiger charge is 2.25. The van der Waals surface area contributed by atoms with Crippen molar-refractivity contribution >= 4 is 22.9 Å². The van der Waals surface area contributed by atoms with Crippen LogP contribution >= 0.6 is 11.8 Å². The molecule has 3 aromatic rings. The predicted octanol–water partition coefficient (Wildman–Crippen LogP) is 3.69. The van der Waals surface area contributed by atoms with Crippen molar-refractivity contribution in [1.82, 2.24) is 14.5 Å². The SMILES string of the molecule is Oc1cccc(-n2c(C3CCCS3)nc3cccnc32)c1. The van der Waals surface area contributed by atoms with Gasteiger partial charge in [0.2, 0.25) is 0 Å². The minimum absolute atomic E-state index is 0.260. The van der Waals surface area contributed by atoms with Gasteiger partial charge in [0, 0.05) is 12.3 Å². The molecule has 0 aliphatic carbocycles. The van der Waals surface area contributed by atoms with Crippen molar-refractivity contribution in [1.29, 1.82) is 0 Å². The van der Waals surface area contributed by atoms with Gasteiger partial charge in [-0.15, -0.1) is 0 Å². The molecule has 1 aliphatic heterocycles. The molecule has 1 aliphatic rings. The Balaban J connectivity index is 1.98. The number of benzene rings is 1. The molecule has 2 aromatic heterocycles. The van der Waals surface area contributed by atoms with E-state index in [1.165, 1.54) is 12.2 Å². The number of phenolic OH excluding ortho intramolecular Hbond substituents is 1. The largest absolute Gasteiger partial charge is 0.508 e. The molecule has 1 atom stereocenters. The number of hydrogen-bond donors (Lipinski definition) is 1. The van der Waals surface area contributed by atoms with Crippen molar-refractivity contribution in [2.45, 2.75) is 18.1 Å². The molecular formula is C16H15N3OS. The van der Waals surface area contributed by atoms with Crippen LogP contribution in [0.1, 0.15) is 23.9 Å². The molecule has 1 unspecified atom stereocenters. The van der Waals surface area contributed by atoms with Crippen LogP contribution in [0.25, 0.3) is 16.9 Å². The second-order valence-corrected chi connectivity index (χ2v) is 6.48. The lowest BCUT2D eigenvalue weighted by Gasteiger charge is -2.12. The smallest absolute Gasteiger partial charge is 0.164 e. The highest BCUT2D eigenvalue weighted by Crippen LogP contribution is 2.41. The van der Waals surface area contributed by atoms with Crippen molar-refractivity contribution in [3.63, 3.8) is 0 Å². The van der Waals surface area contributed by atoms with Gasteiger partial charge >= 0.3 is 0 Å². The summed E-state index contributed by atoms with van der Waals surface area (Å²) in [6.07, 6.45) is 4.16. The van der Waals surface area contributed by atoms with Crippen LogP contribution in [0.4, 0.5) is 0 Å². The van der Waals surface area contributed by atoms with E-state index in [0.29, 0.717) is 5.25 Å². The Hall–Kier alpha value is -2.01. The van der Waals surface area contributed by atoms with Gasteiger partial charge in [0.05, 0.1) is 10.9 Å². The van der Waals surface area contributed by atoms with Crippen LogP contribution < -0.4 is 0 Å². The molecule has 0 amide bonds. The molecule has 5 heteroatoms. The summed E-state index contributed by atoms with van der Waals surface area (Å²) in [6.45, 7) is 0. The Morgan fingerprint density at radius 3 is 3.00 bits per heavy atom. The maximum absolute atomic E-state index is 9.78. The van der Waals surface area contributed by atoms with Gasteiger partial charge in [-0.1, -0.05) is 6.07 Å². The van der Waals surface area contributed by atoms with Crippen LogP contribution in [0.15, 0.2) is 42.6 Å². The van der Waals surface area contributed by atoms with Gasteiger partial charge in [-0.2, -0.15) is 11.8 Å². The first-order valence-corrected chi connectivity index (χ1v) is 8.12. The number of fused-ring (bicyclic) bond motifs is 1. The second-order valence-electron chi connectivity index (χ2n) is 5.17. The maximum Gasteiger partial charge on any atom is 0.164 e. The fourth-order valence-corrected chi connectivity index (χ4v) is 4.07. The first kappa shape index (κ1) is 12.7. The van der Waals surface area contributed by atoms with E-state index in [1.54, 1.807) is 18.3 Å². The van der Waals surface area contributed by atoms with E-state index in [2.05, 4.69) is 9.55 Å². The monoisotopic (exact) mass is 297 g/mol. The quantitative estimate of drug-likeness (QED) is 0.783. The van der Waals surface area contributed by atoms with Crippen LogP contribution in [0, 0.1) is 0 Å². The summed E-state index contributed by atoms with van der Waals surface area (Å²) in [5.41, 5.74) is 2.67. The van der Waals surface area contributed by atoms with Gasteiger partial charge in [-0.05, 0) is 42.9 Å². The molecule has 1 fully saturated rings. The number of hydrogen-bond acceptors (Lipinski definition) is 4. The summed E-state index contributed by atoms with van der Waals surface area (Å²) in [5, 5.41) is 10.2. The Kier molecular flexibility index (Phi) is 3.07. The van der Waals surface area contributed by atoms with Crippen LogP contribution in [0.3, 0.4) is 0 Å². The van der Waals surface area contributed by atoms with Crippen molar-refractivity contribution in [2.24, 2.45) is 0 Å². The lowest BCUT2D eigenvalue weighted by Crippen LogP contribution is -2.04. The Morgan fingerprint density at radius 2 is 2.19 bits per heavy atom. The number of phenols is 1. The number of imidazole rings is 1. The average molecular weight is 297 g/mol. The standard InChI is InChI=1S/C16H15N3OS/c20-12-5-1-4-11(10-12)19-15-13(6-2-8-17-15)18-16(19)14-7-3-9-21-14/h1-2,4-6,8,10,14,20H,3,7,9H2. The molecule has 4 nitrogen and oxygen atoms in total. The van der Waals surface area contributed by atoms with Crippen molar-refractivity contribution in [3.8, 4) is 11.4 Å². The molecular weight excluding hydrogens is 282 g/mol. The maximum atomic E-state index is 9.78. The van der Waals surface area contributed by atoms with E-state index in [4.69, 9.17) is 4.98 Å². The second kappa shape index (κ2) is 5.07. The molecule has 0 spiro atoms. The molecule has 106 valence electrons. The summed E-state index contributed by atoms with van der Waals surface area (Å²) in [7, 11) is 0. The predicted molar refractivity (Wildman–Crippen MR) is 85.0 cm³/mol. The normalized spacial score (nSPS) is 18.4.